The van der Waals surface area contributed by atoms with E-state index in [-0.39, 0.29) is 5.82 Å². The fraction of sp³-hybridized carbons (Fsp3) is 0.667. The Labute approximate surface area is 101 Å². The lowest BCUT2D eigenvalue weighted by Gasteiger charge is -2.09. The normalized spacial score (nSPS) is 16.5. The molecule has 1 aromatic heterocycles. The number of carboxylic acid groups (broad SMARTS) is 1. The third-order valence-electron chi connectivity index (χ3n) is 3.29. The van der Waals surface area contributed by atoms with Gasteiger partial charge in [-0.2, -0.15) is 0 Å². The molecular formula is C12H19N3O2. The lowest BCUT2D eigenvalue weighted by atomic mass is 10.2. The zero-order valence-corrected chi connectivity index (χ0v) is 10.1. The van der Waals surface area contributed by atoms with Crippen LogP contribution in [0.2, 0.25) is 0 Å². The van der Waals surface area contributed by atoms with Crippen LogP contribution >= 0.6 is 0 Å². The van der Waals surface area contributed by atoms with Gasteiger partial charge in [-0.15, -0.1) is 0 Å². The molecule has 0 unspecified atom stereocenters. The predicted octanol–water partition coefficient (Wildman–Crippen LogP) is 1.63. The van der Waals surface area contributed by atoms with Gasteiger partial charge in [0, 0.05) is 25.3 Å². The first-order valence-corrected chi connectivity index (χ1v) is 6.23. The van der Waals surface area contributed by atoms with Crippen LogP contribution in [0.5, 0.6) is 0 Å². The first kappa shape index (κ1) is 12.1. The molecule has 5 nitrogen and oxygen atoms in total. The van der Waals surface area contributed by atoms with E-state index < -0.39 is 5.97 Å². The van der Waals surface area contributed by atoms with Gasteiger partial charge < -0.3 is 15.0 Å². The van der Waals surface area contributed by atoms with Gasteiger partial charge in [-0.3, -0.25) is 0 Å². The molecule has 0 saturated heterocycles. The van der Waals surface area contributed by atoms with Crippen molar-refractivity contribution < 1.29 is 9.90 Å². The largest absolute Gasteiger partial charge is 0.475 e. The second kappa shape index (κ2) is 5.31. The second-order valence-electron chi connectivity index (χ2n) is 4.51. The molecule has 0 radical (unpaired) electrons. The number of carboxylic acids is 1. The first-order valence-electron chi connectivity index (χ1n) is 6.23. The minimum atomic E-state index is -0.959. The Morgan fingerprint density at radius 1 is 1.59 bits per heavy atom. The molecule has 94 valence electrons. The summed E-state index contributed by atoms with van der Waals surface area (Å²) in [5.41, 5.74) is 0.816. The standard InChI is InChI=1S/C12H19N3O2/c1-2-15-8-10(14-11(15)12(16)17)7-13-9-5-3-4-6-9/h8-9,13H,2-7H2,1H3,(H,16,17). The van der Waals surface area contributed by atoms with E-state index in [4.69, 9.17) is 5.11 Å². The van der Waals surface area contributed by atoms with Crippen molar-refractivity contribution in [1.29, 1.82) is 0 Å². The van der Waals surface area contributed by atoms with Crippen LogP contribution < -0.4 is 5.32 Å². The Bertz CT molecular complexity index is 394. The average molecular weight is 237 g/mol. The number of carbonyl (C=O) groups is 1. The predicted molar refractivity (Wildman–Crippen MR) is 64.0 cm³/mol. The van der Waals surface area contributed by atoms with Crippen LogP contribution in [-0.4, -0.2) is 26.7 Å². The summed E-state index contributed by atoms with van der Waals surface area (Å²) in [7, 11) is 0. The number of imidazole rings is 1. The quantitative estimate of drug-likeness (QED) is 0.817. The zero-order valence-electron chi connectivity index (χ0n) is 10.1. The number of aromatic carboxylic acids is 1. The number of nitrogens with zero attached hydrogens (tertiary/aromatic N) is 2. The van der Waals surface area contributed by atoms with Crippen molar-refractivity contribution in [2.75, 3.05) is 0 Å². The van der Waals surface area contributed by atoms with E-state index in [9.17, 15) is 4.79 Å². The molecule has 0 aliphatic heterocycles. The molecular weight excluding hydrogens is 218 g/mol. The van der Waals surface area contributed by atoms with E-state index in [2.05, 4.69) is 10.3 Å². The van der Waals surface area contributed by atoms with Crippen LogP contribution in [0, 0.1) is 0 Å². The van der Waals surface area contributed by atoms with Crippen molar-refractivity contribution in [1.82, 2.24) is 14.9 Å². The molecule has 0 bridgehead atoms. The van der Waals surface area contributed by atoms with Crippen LogP contribution in [0.15, 0.2) is 6.20 Å². The third kappa shape index (κ3) is 2.85. The number of hydrogen-bond acceptors (Lipinski definition) is 3. The summed E-state index contributed by atoms with van der Waals surface area (Å²) in [4.78, 5) is 15.1. The Morgan fingerprint density at radius 3 is 2.82 bits per heavy atom. The van der Waals surface area contributed by atoms with Crippen molar-refractivity contribution >= 4 is 5.97 Å². The topological polar surface area (TPSA) is 67.2 Å². The van der Waals surface area contributed by atoms with Gasteiger partial charge in [0.05, 0.1) is 5.69 Å². The Balaban J connectivity index is 1.98. The summed E-state index contributed by atoms with van der Waals surface area (Å²) in [6, 6.07) is 0.579. The van der Waals surface area contributed by atoms with Crippen LogP contribution in [0.25, 0.3) is 0 Å². The van der Waals surface area contributed by atoms with E-state index in [0.29, 0.717) is 19.1 Å². The molecule has 0 amide bonds. The highest BCUT2D eigenvalue weighted by Crippen LogP contribution is 2.18. The zero-order chi connectivity index (χ0) is 12.3. The monoisotopic (exact) mass is 237 g/mol. The maximum absolute atomic E-state index is 11.0. The second-order valence-corrected chi connectivity index (χ2v) is 4.51. The van der Waals surface area contributed by atoms with Crippen molar-refractivity contribution in [2.45, 2.75) is 51.7 Å². The molecule has 5 heteroatoms. The fourth-order valence-electron chi connectivity index (χ4n) is 2.35. The highest BCUT2D eigenvalue weighted by atomic mass is 16.4. The van der Waals surface area contributed by atoms with Gasteiger partial charge in [-0.05, 0) is 19.8 Å². The molecule has 1 aliphatic carbocycles. The average Bonchev–Trinajstić information content (AvgIpc) is 2.95. The van der Waals surface area contributed by atoms with E-state index >= 15 is 0 Å². The number of aryl methyl sites for hydroxylation is 1. The number of nitrogens with one attached hydrogen (secondary N) is 1. The molecule has 0 atom stereocenters. The van der Waals surface area contributed by atoms with Crippen LogP contribution in [0.3, 0.4) is 0 Å². The van der Waals surface area contributed by atoms with Crippen molar-refractivity contribution in [3.63, 3.8) is 0 Å². The molecule has 0 spiro atoms. The van der Waals surface area contributed by atoms with Crippen LogP contribution in [-0.2, 0) is 13.1 Å². The molecule has 1 heterocycles. The smallest absolute Gasteiger partial charge is 0.372 e. The molecule has 0 aromatic carbocycles. The summed E-state index contributed by atoms with van der Waals surface area (Å²) in [6.45, 7) is 3.22. The number of rotatable bonds is 5. The minimum Gasteiger partial charge on any atom is -0.475 e. The van der Waals surface area contributed by atoms with Gasteiger partial charge in [0.1, 0.15) is 0 Å². The van der Waals surface area contributed by atoms with Gasteiger partial charge in [-0.25, -0.2) is 9.78 Å². The van der Waals surface area contributed by atoms with E-state index in [0.717, 1.165) is 5.69 Å². The SMILES string of the molecule is CCn1cc(CNC2CCCC2)nc1C(=O)O. The highest BCUT2D eigenvalue weighted by molar-refractivity contribution is 5.83. The Hall–Kier alpha value is -1.36. The van der Waals surface area contributed by atoms with Crippen LogP contribution in [0.4, 0.5) is 0 Å². The summed E-state index contributed by atoms with van der Waals surface area (Å²) in [6.07, 6.45) is 6.86. The molecule has 2 rings (SSSR count). The molecule has 17 heavy (non-hydrogen) atoms. The molecule has 1 saturated carbocycles. The third-order valence-corrected chi connectivity index (χ3v) is 3.29. The van der Waals surface area contributed by atoms with Crippen molar-refractivity contribution in [2.24, 2.45) is 0 Å². The number of aromatic nitrogens is 2. The summed E-state index contributed by atoms with van der Waals surface area (Å²) >= 11 is 0. The Kier molecular flexibility index (Phi) is 3.78. The lowest BCUT2D eigenvalue weighted by Crippen LogP contribution is -2.25. The molecule has 1 aromatic rings. The summed E-state index contributed by atoms with van der Waals surface area (Å²) < 4.78 is 1.67. The first-order chi connectivity index (χ1) is 8.20. The Morgan fingerprint density at radius 2 is 2.29 bits per heavy atom. The highest BCUT2D eigenvalue weighted by Gasteiger charge is 2.16. The van der Waals surface area contributed by atoms with E-state index in [1.807, 2.05) is 13.1 Å². The van der Waals surface area contributed by atoms with Crippen molar-refractivity contribution in [3.8, 4) is 0 Å². The maximum atomic E-state index is 11.0. The van der Waals surface area contributed by atoms with Gasteiger partial charge in [0.2, 0.25) is 5.82 Å². The molecule has 1 aliphatic rings. The maximum Gasteiger partial charge on any atom is 0.372 e. The van der Waals surface area contributed by atoms with Gasteiger partial charge >= 0.3 is 5.97 Å². The fourth-order valence-corrected chi connectivity index (χ4v) is 2.35. The molecule has 2 N–H and O–H groups in total. The minimum absolute atomic E-state index is 0.135. The number of hydrogen-bond donors (Lipinski definition) is 2. The van der Waals surface area contributed by atoms with Gasteiger partial charge in [0.25, 0.3) is 0 Å². The lowest BCUT2D eigenvalue weighted by molar-refractivity contribution is 0.0678. The van der Waals surface area contributed by atoms with E-state index in [1.165, 1.54) is 25.7 Å². The summed E-state index contributed by atoms with van der Waals surface area (Å²) in [5, 5.41) is 12.4. The van der Waals surface area contributed by atoms with Gasteiger partial charge in [-0.1, -0.05) is 12.8 Å². The molecule has 1 fully saturated rings. The van der Waals surface area contributed by atoms with Crippen molar-refractivity contribution in [3.05, 3.63) is 17.7 Å². The summed E-state index contributed by atoms with van der Waals surface area (Å²) in [5.74, 6) is -0.824. The van der Waals surface area contributed by atoms with Crippen LogP contribution in [0.1, 0.15) is 48.9 Å². The van der Waals surface area contributed by atoms with E-state index in [1.54, 1.807) is 4.57 Å². The van der Waals surface area contributed by atoms with Gasteiger partial charge in [0.15, 0.2) is 0 Å².